The minimum absolute atomic E-state index is 0. The molecule has 1 atom stereocenters. The molecule has 0 amide bonds. The van der Waals surface area contributed by atoms with Crippen LogP contribution in [0.1, 0.15) is 29.3 Å². The fraction of sp³-hybridized carbons (Fsp3) is 0.368. The van der Waals surface area contributed by atoms with Crippen molar-refractivity contribution in [2.45, 2.75) is 36.9 Å². The summed E-state index contributed by atoms with van der Waals surface area (Å²) in [7, 11) is 0. The Morgan fingerprint density at radius 3 is 2.57 bits per heavy atom. The standard InChI is InChI=1S/C19H18IN2OS2.I2.HI/c20-10-13-11-24-19-21(12-6-2-1-3-7-12)17(23)16-14-8-4-5-9-15(14)25-18(16)22(13)19;1-2;/h1-3,6-7,13H,4-5,8-11H2;;1H/q+1;;/p-1. The van der Waals surface area contributed by atoms with Crippen molar-refractivity contribution in [3.63, 3.8) is 0 Å². The second-order valence-corrected chi connectivity index (χ2v) is 9.59. The molecule has 1 aliphatic carbocycles. The van der Waals surface area contributed by atoms with Crippen molar-refractivity contribution in [2.24, 2.45) is 0 Å². The molecule has 0 fully saturated rings. The lowest BCUT2D eigenvalue weighted by atomic mass is 9.97. The molecule has 3 heterocycles. The predicted octanol–water partition coefficient (Wildman–Crippen LogP) is 3.08. The Balaban J connectivity index is 0.000000728. The molecule has 0 saturated carbocycles. The lowest BCUT2D eigenvalue weighted by molar-refractivity contribution is -0.722. The van der Waals surface area contributed by atoms with E-state index in [4.69, 9.17) is 0 Å². The van der Waals surface area contributed by atoms with Gasteiger partial charge in [-0.1, -0.05) is 52.1 Å². The van der Waals surface area contributed by atoms with Gasteiger partial charge in [-0.05, 0) is 55.1 Å². The number of hydrogen-bond acceptors (Lipinski definition) is 3. The summed E-state index contributed by atoms with van der Waals surface area (Å²) in [5.41, 5.74) is 2.49. The SMILES string of the molecule is II.O=c1c2c3c(sc2[n+]2c(n1-c1ccccc1)SCC2CI)CCCC3.[I-]. The summed E-state index contributed by atoms with van der Waals surface area (Å²) in [6.07, 6.45) is 4.65. The first-order valence-electron chi connectivity index (χ1n) is 8.83. The second-order valence-electron chi connectivity index (χ2n) is 6.64. The largest absolute Gasteiger partial charge is 1.00 e. The zero-order valence-corrected chi connectivity index (χ0v) is 25.1. The number of rotatable bonds is 2. The molecule has 0 N–H and O–H groups in total. The maximum atomic E-state index is 13.6. The monoisotopic (exact) mass is 862 g/mol. The van der Waals surface area contributed by atoms with Crippen molar-refractivity contribution < 1.29 is 28.5 Å². The molecule has 2 aliphatic rings. The van der Waals surface area contributed by atoms with Crippen LogP contribution in [0.15, 0.2) is 40.3 Å². The molecule has 3 nitrogen and oxygen atoms in total. The number of thioether (sulfide) groups is 1. The van der Waals surface area contributed by atoms with Gasteiger partial charge in [0, 0.05) is 52.3 Å². The average Bonchev–Trinajstić information content (AvgIpc) is 3.32. The van der Waals surface area contributed by atoms with Crippen molar-refractivity contribution in [3.05, 3.63) is 51.1 Å². The Morgan fingerprint density at radius 2 is 1.86 bits per heavy atom. The highest BCUT2D eigenvalue weighted by Crippen LogP contribution is 2.37. The molecular weight excluding hydrogens is 844 g/mol. The van der Waals surface area contributed by atoms with Gasteiger partial charge >= 0.3 is 10.7 Å². The van der Waals surface area contributed by atoms with Crippen molar-refractivity contribution in [3.8, 4) is 5.69 Å². The molecule has 0 saturated heterocycles. The van der Waals surface area contributed by atoms with Crippen LogP contribution in [0.2, 0.25) is 0 Å². The van der Waals surface area contributed by atoms with E-state index in [0.29, 0.717) is 6.04 Å². The van der Waals surface area contributed by atoms with Gasteiger partial charge < -0.3 is 24.0 Å². The zero-order chi connectivity index (χ0) is 19.0. The van der Waals surface area contributed by atoms with E-state index in [1.54, 1.807) is 0 Å². The molecule has 9 heteroatoms. The highest BCUT2D eigenvalue weighted by atomic mass is 128. The highest BCUT2D eigenvalue weighted by molar-refractivity contribution is 15.0. The summed E-state index contributed by atoms with van der Waals surface area (Å²) in [5.74, 6) is 1.05. The molecule has 0 spiro atoms. The number of halogens is 4. The maximum absolute atomic E-state index is 13.6. The lowest BCUT2D eigenvalue weighted by Crippen LogP contribution is -3.00. The molecule has 1 aromatic carbocycles. The van der Waals surface area contributed by atoms with Gasteiger partial charge in [0.1, 0.15) is 17.1 Å². The number of para-hydroxylation sites is 1. The molecule has 150 valence electrons. The molecule has 5 rings (SSSR count). The fourth-order valence-electron chi connectivity index (χ4n) is 3.95. The highest BCUT2D eigenvalue weighted by Gasteiger charge is 2.38. The Morgan fingerprint density at radius 1 is 1.14 bits per heavy atom. The van der Waals surface area contributed by atoms with Crippen LogP contribution in [0.3, 0.4) is 0 Å². The molecule has 1 unspecified atom stereocenters. The smallest absolute Gasteiger partial charge is 0.352 e. The Hall–Kier alpha value is 1.33. The van der Waals surface area contributed by atoms with Gasteiger partial charge in [0.2, 0.25) is 0 Å². The minimum atomic E-state index is 0. The van der Waals surface area contributed by atoms with Crippen LogP contribution < -0.4 is 34.1 Å². The van der Waals surface area contributed by atoms with Crippen LogP contribution in [-0.4, -0.2) is 14.7 Å². The third-order valence-corrected chi connectivity index (χ3v) is 8.65. The first-order valence-corrected chi connectivity index (χ1v) is 18.4. The summed E-state index contributed by atoms with van der Waals surface area (Å²) < 4.78 is 5.50. The van der Waals surface area contributed by atoms with Gasteiger partial charge in [-0.3, -0.25) is 0 Å². The van der Waals surface area contributed by atoms with Gasteiger partial charge in [0.25, 0.3) is 0 Å². The van der Waals surface area contributed by atoms with Gasteiger partial charge in [-0.25, -0.2) is 9.36 Å². The maximum Gasteiger partial charge on any atom is 0.352 e. The molecule has 0 bridgehead atoms. The van der Waals surface area contributed by atoms with Crippen LogP contribution in [-0.2, 0) is 12.8 Å². The van der Waals surface area contributed by atoms with E-state index < -0.39 is 0 Å². The third-order valence-electron chi connectivity index (χ3n) is 5.15. The molecular formula is C19H18I4N2OS2. The first-order chi connectivity index (χ1) is 13.3. The number of alkyl halides is 1. The van der Waals surface area contributed by atoms with Crippen molar-refractivity contribution in [1.82, 2.24) is 4.57 Å². The summed E-state index contributed by atoms with van der Waals surface area (Å²) in [6.45, 7) is 0. The van der Waals surface area contributed by atoms with E-state index in [9.17, 15) is 4.79 Å². The average molecular weight is 862 g/mol. The van der Waals surface area contributed by atoms with Gasteiger partial charge in [-0.15, -0.1) is 0 Å². The molecule has 3 aromatic rings. The number of aromatic nitrogens is 2. The molecule has 2 aromatic heterocycles. The summed E-state index contributed by atoms with van der Waals surface area (Å²) in [5, 5.41) is 2.09. The van der Waals surface area contributed by atoms with E-state index >= 15 is 0 Å². The van der Waals surface area contributed by atoms with E-state index in [-0.39, 0.29) is 29.5 Å². The summed E-state index contributed by atoms with van der Waals surface area (Å²) in [6, 6.07) is 10.6. The number of fused-ring (bicyclic) bond motifs is 5. The van der Waals surface area contributed by atoms with Gasteiger partial charge in [0.15, 0.2) is 4.83 Å². The second kappa shape index (κ2) is 10.8. The number of aryl methyl sites for hydroxylation is 2. The third kappa shape index (κ3) is 4.18. The molecule has 1 aliphatic heterocycles. The normalized spacial score (nSPS) is 17.3. The minimum Gasteiger partial charge on any atom is -1.00 e. The number of benzene rings is 1. The van der Waals surface area contributed by atoms with Gasteiger partial charge in [0.05, 0.1) is 0 Å². The number of hydrogen-bond donors (Lipinski definition) is 0. The van der Waals surface area contributed by atoms with Crippen molar-refractivity contribution in [1.29, 1.82) is 0 Å². The Labute approximate surface area is 226 Å². The van der Waals surface area contributed by atoms with E-state index in [0.717, 1.165) is 39.3 Å². The Kier molecular flexibility index (Phi) is 9.22. The first kappa shape index (κ1) is 24.0. The van der Waals surface area contributed by atoms with Crippen LogP contribution in [0.25, 0.3) is 15.9 Å². The van der Waals surface area contributed by atoms with Crippen LogP contribution in [0.4, 0.5) is 0 Å². The van der Waals surface area contributed by atoms with Gasteiger partial charge in [-0.2, -0.15) is 4.57 Å². The van der Waals surface area contributed by atoms with Crippen LogP contribution >= 0.6 is 82.9 Å². The van der Waals surface area contributed by atoms with Crippen LogP contribution in [0, 0.1) is 0 Å². The van der Waals surface area contributed by atoms with E-state index in [2.05, 4.69) is 64.4 Å². The van der Waals surface area contributed by atoms with E-state index in [1.807, 2.05) is 58.0 Å². The summed E-state index contributed by atoms with van der Waals surface area (Å²) >= 11 is 10.4. The summed E-state index contributed by atoms with van der Waals surface area (Å²) in [4.78, 5) is 16.2. The lowest BCUT2D eigenvalue weighted by Gasteiger charge is -2.11. The topological polar surface area (TPSA) is 25.9 Å². The number of thiophene rings is 1. The predicted molar refractivity (Wildman–Crippen MR) is 141 cm³/mol. The van der Waals surface area contributed by atoms with Crippen LogP contribution in [0.5, 0.6) is 0 Å². The van der Waals surface area contributed by atoms with Crippen molar-refractivity contribution in [2.75, 3.05) is 10.2 Å². The fourth-order valence-corrected chi connectivity index (χ4v) is 7.90. The van der Waals surface area contributed by atoms with E-state index in [1.165, 1.54) is 28.1 Å². The Bertz CT molecular complexity index is 1040. The molecule has 28 heavy (non-hydrogen) atoms. The van der Waals surface area contributed by atoms with Crippen molar-refractivity contribution >= 4 is 93.1 Å². The number of nitrogens with zero attached hydrogens (tertiary/aromatic N) is 2. The quantitative estimate of drug-likeness (QED) is 0.172. The molecule has 0 radical (unpaired) electrons. The zero-order valence-electron chi connectivity index (χ0n) is 14.8.